The first kappa shape index (κ1) is 18.2. The fourth-order valence-electron chi connectivity index (χ4n) is 4.62. The lowest BCUT2D eigenvalue weighted by atomic mass is 9.96. The van der Waals surface area contributed by atoms with E-state index in [0.29, 0.717) is 32.7 Å². The van der Waals surface area contributed by atoms with E-state index in [1.165, 1.54) is 5.56 Å². The van der Waals surface area contributed by atoms with Crippen molar-refractivity contribution in [1.29, 1.82) is 0 Å². The van der Waals surface area contributed by atoms with E-state index < -0.39 is 0 Å². The van der Waals surface area contributed by atoms with Crippen LogP contribution in [0.5, 0.6) is 17.2 Å². The molecular formula is C23H26N2O4. The summed E-state index contributed by atoms with van der Waals surface area (Å²) in [5.74, 6) is 2.91. The van der Waals surface area contributed by atoms with Crippen LogP contribution in [-0.2, 0) is 24.1 Å². The van der Waals surface area contributed by atoms with Crippen molar-refractivity contribution in [2.45, 2.75) is 19.3 Å². The van der Waals surface area contributed by atoms with E-state index in [4.69, 9.17) is 14.2 Å². The van der Waals surface area contributed by atoms with Crippen LogP contribution in [0.3, 0.4) is 0 Å². The molecule has 0 aromatic heterocycles. The Kier molecular flexibility index (Phi) is 4.70. The van der Waals surface area contributed by atoms with E-state index in [-0.39, 0.29) is 5.91 Å². The summed E-state index contributed by atoms with van der Waals surface area (Å²) in [5, 5.41) is 0. The zero-order chi connectivity index (χ0) is 19.8. The van der Waals surface area contributed by atoms with Crippen LogP contribution in [0.25, 0.3) is 0 Å². The van der Waals surface area contributed by atoms with Gasteiger partial charge in [0.2, 0.25) is 5.91 Å². The quantitative estimate of drug-likeness (QED) is 0.797. The highest BCUT2D eigenvalue weighted by atomic mass is 16.5. The molecule has 29 heavy (non-hydrogen) atoms. The molecule has 0 unspecified atom stereocenters. The molecule has 0 N–H and O–H groups in total. The van der Waals surface area contributed by atoms with Gasteiger partial charge in [0.1, 0.15) is 17.2 Å². The number of fused-ring (bicyclic) bond motifs is 2. The number of methoxy groups -OCH3 is 1. The lowest BCUT2D eigenvalue weighted by Gasteiger charge is -2.36. The van der Waals surface area contributed by atoms with Crippen molar-refractivity contribution < 1.29 is 19.0 Å². The molecule has 3 aliphatic rings. The molecule has 0 aliphatic carbocycles. The van der Waals surface area contributed by atoms with E-state index in [1.54, 1.807) is 7.11 Å². The van der Waals surface area contributed by atoms with Gasteiger partial charge >= 0.3 is 0 Å². The van der Waals surface area contributed by atoms with Gasteiger partial charge in [0.25, 0.3) is 0 Å². The van der Waals surface area contributed by atoms with Crippen molar-refractivity contribution >= 4 is 11.6 Å². The van der Waals surface area contributed by atoms with Crippen LogP contribution in [0.2, 0.25) is 0 Å². The van der Waals surface area contributed by atoms with Crippen LogP contribution < -0.4 is 19.1 Å². The van der Waals surface area contributed by atoms with Crippen LogP contribution in [0, 0.1) is 0 Å². The first-order chi connectivity index (χ1) is 14.2. The van der Waals surface area contributed by atoms with Crippen molar-refractivity contribution in [3.63, 3.8) is 0 Å². The molecule has 3 heterocycles. The van der Waals surface area contributed by atoms with Gasteiger partial charge in [-0.1, -0.05) is 12.1 Å². The first-order valence-corrected chi connectivity index (χ1v) is 10.3. The summed E-state index contributed by atoms with van der Waals surface area (Å²) in [7, 11) is 1.70. The lowest BCUT2D eigenvalue weighted by molar-refractivity contribution is -0.130. The minimum absolute atomic E-state index is 0.169. The number of para-hydroxylation sites is 2. The Morgan fingerprint density at radius 3 is 2.69 bits per heavy atom. The topological polar surface area (TPSA) is 51.2 Å². The highest BCUT2D eigenvalue weighted by Crippen LogP contribution is 2.41. The average molecular weight is 394 g/mol. The molecule has 1 fully saturated rings. The van der Waals surface area contributed by atoms with Crippen LogP contribution in [-0.4, -0.2) is 57.3 Å². The molecule has 0 spiro atoms. The van der Waals surface area contributed by atoms with Crippen molar-refractivity contribution in [3.8, 4) is 17.2 Å². The maximum Gasteiger partial charge on any atom is 0.227 e. The van der Waals surface area contributed by atoms with Crippen LogP contribution in [0.4, 0.5) is 5.69 Å². The maximum absolute atomic E-state index is 13.1. The Hall–Kier alpha value is -2.89. The Morgan fingerprint density at radius 1 is 1.07 bits per heavy atom. The molecule has 6 heteroatoms. The summed E-state index contributed by atoms with van der Waals surface area (Å²) in [6.07, 6.45) is 2.14. The number of ether oxygens (including phenoxy) is 3. The van der Waals surface area contributed by atoms with Gasteiger partial charge < -0.3 is 24.0 Å². The maximum atomic E-state index is 13.1. The molecule has 0 bridgehead atoms. The molecule has 2 aromatic carbocycles. The zero-order valence-electron chi connectivity index (χ0n) is 16.8. The zero-order valence-corrected chi connectivity index (χ0v) is 16.8. The van der Waals surface area contributed by atoms with Crippen molar-refractivity contribution in [3.05, 3.63) is 47.0 Å². The number of hydrogen-bond acceptors (Lipinski definition) is 5. The van der Waals surface area contributed by atoms with Crippen molar-refractivity contribution in [2.75, 3.05) is 51.4 Å². The molecule has 0 saturated carbocycles. The first-order valence-electron chi connectivity index (χ1n) is 10.3. The molecule has 3 aliphatic heterocycles. The van der Waals surface area contributed by atoms with Crippen molar-refractivity contribution in [1.82, 2.24) is 4.90 Å². The number of hydrogen-bond donors (Lipinski definition) is 0. The predicted octanol–water partition coefficient (Wildman–Crippen LogP) is 2.46. The summed E-state index contributed by atoms with van der Waals surface area (Å²) in [6.45, 7) is 4.42. The summed E-state index contributed by atoms with van der Waals surface area (Å²) in [4.78, 5) is 17.4. The van der Waals surface area contributed by atoms with Gasteiger partial charge in [0, 0.05) is 55.7 Å². The highest BCUT2D eigenvalue weighted by molar-refractivity contribution is 5.81. The van der Waals surface area contributed by atoms with Gasteiger partial charge in [-0.25, -0.2) is 0 Å². The van der Waals surface area contributed by atoms with E-state index >= 15 is 0 Å². The molecule has 0 atom stereocenters. The van der Waals surface area contributed by atoms with E-state index in [9.17, 15) is 4.79 Å². The van der Waals surface area contributed by atoms with Crippen molar-refractivity contribution in [2.24, 2.45) is 0 Å². The number of piperazine rings is 1. The van der Waals surface area contributed by atoms with Gasteiger partial charge in [-0.3, -0.25) is 4.79 Å². The minimum atomic E-state index is 0.169. The van der Waals surface area contributed by atoms with Gasteiger partial charge in [-0.05, 0) is 18.2 Å². The van der Waals surface area contributed by atoms with Gasteiger partial charge in [-0.15, -0.1) is 0 Å². The number of rotatable bonds is 4. The predicted molar refractivity (Wildman–Crippen MR) is 110 cm³/mol. The van der Waals surface area contributed by atoms with Gasteiger partial charge in [0.15, 0.2) is 0 Å². The molecular weight excluding hydrogens is 368 g/mol. The lowest BCUT2D eigenvalue weighted by Crippen LogP contribution is -2.49. The third-order valence-corrected chi connectivity index (χ3v) is 6.15. The number of amides is 1. The van der Waals surface area contributed by atoms with E-state index in [1.807, 2.05) is 23.1 Å². The third-order valence-electron chi connectivity index (χ3n) is 6.15. The monoisotopic (exact) mass is 394 g/mol. The SMILES string of the molecule is COc1ccccc1N1CCN(C(=O)Cc2c3c(cc4c2OCC4)OCC3)CC1. The summed E-state index contributed by atoms with van der Waals surface area (Å²) in [6, 6.07) is 10.2. The van der Waals surface area contributed by atoms with Crippen LogP contribution in [0.1, 0.15) is 16.7 Å². The second-order valence-electron chi connectivity index (χ2n) is 7.73. The summed E-state index contributed by atoms with van der Waals surface area (Å²) >= 11 is 0. The Labute approximate surface area is 171 Å². The summed E-state index contributed by atoms with van der Waals surface area (Å²) in [5.41, 5.74) is 4.47. The Morgan fingerprint density at radius 2 is 1.86 bits per heavy atom. The minimum Gasteiger partial charge on any atom is -0.495 e. The number of carbonyl (C=O) groups is 1. The van der Waals surface area contributed by atoms with Crippen LogP contribution in [0.15, 0.2) is 30.3 Å². The smallest absolute Gasteiger partial charge is 0.227 e. The largest absolute Gasteiger partial charge is 0.495 e. The van der Waals surface area contributed by atoms with Gasteiger partial charge in [0.05, 0.1) is 32.4 Å². The molecule has 5 rings (SSSR count). The standard InChI is InChI=1S/C23H26N2O4/c1-27-20-5-3-2-4-19(20)24-8-10-25(11-9-24)22(26)15-18-17-7-13-28-21(17)14-16-6-12-29-23(16)18/h2-5,14H,6-13,15H2,1H3. The molecule has 6 nitrogen and oxygen atoms in total. The third kappa shape index (κ3) is 3.26. The molecule has 1 amide bonds. The fourth-order valence-corrected chi connectivity index (χ4v) is 4.62. The molecule has 152 valence electrons. The molecule has 2 aromatic rings. The fraction of sp³-hybridized carbons (Fsp3) is 0.435. The highest BCUT2D eigenvalue weighted by Gasteiger charge is 2.30. The normalized spacial score (nSPS) is 17.4. The molecule has 1 saturated heterocycles. The number of benzene rings is 2. The van der Waals surface area contributed by atoms with Crippen LogP contribution >= 0.6 is 0 Å². The number of anilines is 1. The summed E-state index contributed by atoms with van der Waals surface area (Å²) < 4.78 is 17.2. The number of nitrogens with zero attached hydrogens (tertiary/aromatic N) is 2. The number of carbonyl (C=O) groups excluding carboxylic acids is 1. The average Bonchev–Trinajstić information content (AvgIpc) is 3.43. The Balaban J connectivity index is 1.29. The van der Waals surface area contributed by atoms with E-state index in [0.717, 1.165) is 60.0 Å². The second-order valence-corrected chi connectivity index (χ2v) is 7.73. The van der Waals surface area contributed by atoms with E-state index in [2.05, 4.69) is 17.0 Å². The Bertz CT molecular complexity index is 902. The van der Waals surface area contributed by atoms with Gasteiger partial charge in [-0.2, -0.15) is 0 Å². The molecule has 0 radical (unpaired) electrons. The second kappa shape index (κ2) is 7.50.